The van der Waals surface area contributed by atoms with E-state index in [1.807, 2.05) is 30.3 Å². The van der Waals surface area contributed by atoms with Crippen molar-refractivity contribution in [1.29, 1.82) is 0 Å². The van der Waals surface area contributed by atoms with E-state index in [1.54, 1.807) is 6.08 Å². The summed E-state index contributed by atoms with van der Waals surface area (Å²) in [5, 5.41) is 2.91. The third-order valence-corrected chi connectivity index (χ3v) is 5.08. The molecule has 0 spiro atoms. The summed E-state index contributed by atoms with van der Waals surface area (Å²) in [6.45, 7) is 0.250. The molecule has 4 rings (SSSR count). The van der Waals surface area contributed by atoms with Gasteiger partial charge in [0, 0.05) is 11.8 Å². The standard InChI is InChI=1S/C22H23NO3/c24-22(13-7-16-6-12-20-21(14-16)26-15-25-20)23-19-10-8-18(9-11-19)17-4-2-1-3-5-17/h6-14,17H,1-5,15H2,(H,23,24)/b13-7-. The van der Waals surface area contributed by atoms with E-state index in [-0.39, 0.29) is 12.7 Å². The van der Waals surface area contributed by atoms with Crippen molar-refractivity contribution in [2.45, 2.75) is 38.0 Å². The smallest absolute Gasteiger partial charge is 0.248 e. The van der Waals surface area contributed by atoms with E-state index in [9.17, 15) is 4.79 Å². The monoisotopic (exact) mass is 349 g/mol. The van der Waals surface area contributed by atoms with Gasteiger partial charge in [-0.2, -0.15) is 0 Å². The molecule has 4 heteroatoms. The van der Waals surface area contributed by atoms with Gasteiger partial charge in [0.05, 0.1) is 0 Å². The van der Waals surface area contributed by atoms with E-state index in [1.165, 1.54) is 43.7 Å². The number of ether oxygens (including phenoxy) is 2. The van der Waals surface area contributed by atoms with Gasteiger partial charge in [0.1, 0.15) is 0 Å². The van der Waals surface area contributed by atoms with E-state index in [0.717, 1.165) is 17.0 Å². The lowest BCUT2D eigenvalue weighted by atomic mass is 9.84. The minimum Gasteiger partial charge on any atom is -0.454 e. The Hall–Kier alpha value is -2.75. The van der Waals surface area contributed by atoms with Crippen molar-refractivity contribution in [1.82, 2.24) is 0 Å². The van der Waals surface area contributed by atoms with Crippen LogP contribution in [0.2, 0.25) is 0 Å². The summed E-state index contributed by atoms with van der Waals surface area (Å²) in [6.07, 6.45) is 9.89. The molecule has 0 aromatic heterocycles. The summed E-state index contributed by atoms with van der Waals surface area (Å²) in [6, 6.07) is 13.9. The number of anilines is 1. The molecule has 0 radical (unpaired) electrons. The fourth-order valence-electron chi connectivity index (χ4n) is 3.65. The van der Waals surface area contributed by atoms with Crippen LogP contribution in [0, 0.1) is 0 Å². The highest BCUT2D eigenvalue weighted by molar-refractivity contribution is 6.01. The number of carbonyl (C=O) groups excluding carboxylic acids is 1. The molecule has 1 aliphatic carbocycles. The zero-order valence-corrected chi connectivity index (χ0v) is 14.7. The maximum absolute atomic E-state index is 12.2. The maximum Gasteiger partial charge on any atom is 0.248 e. The minimum absolute atomic E-state index is 0.145. The third kappa shape index (κ3) is 3.90. The summed E-state index contributed by atoms with van der Waals surface area (Å²) in [5.41, 5.74) is 3.11. The second-order valence-corrected chi connectivity index (χ2v) is 6.89. The highest BCUT2D eigenvalue weighted by Gasteiger charge is 2.15. The molecule has 1 fully saturated rings. The van der Waals surface area contributed by atoms with Gasteiger partial charge in [0.15, 0.2) is 11.5 Å². The first-order valence-electron chi connectivity index (χ1n) is 9.26. The van der Waals surface area contributed by atoms with Crippen LogP contribution in [0.5, 0.6) is 11.5 Å². The quantitative estimate of drug-likeness (QED) is 0.780. The number of hydrogen-bond acceptors (Lipinski definition) is 3. The van der Waals surface area contributed by atoms with Crippen LogP contribution in [0.4, 0.5) is 5.69 Å². The lowest BCUT2D eigenvalue weighted by Gasteiger charge is -2.22. The van der Waals surface area contributed by atoms with Crippen LogP contribution in [0.25, 0.3) is 6.08 Å². The molecule has 0 saturated heterocycles. The number of amides is 1. The first-order chi connectivity index (χ1) is 12.8. The van der Waals surface area contributed by atoms with Crippen molar-refractivity contribution in [2.24, 2.45) is 0 Å². The van der Waals surface area contributed by atoms with Crippen LogP contribution < -0.4 is 14.8 Å². The lowest BCUT2D eigenvalue weighted by molar-refractivity contribution is -0.111. The topological polar surface area (TPSA) is 47.6 Å². The molecule has 2 aromatic rings. The Morgan fingerprint density at radius 2 is 1.73 bits per heavy atom. The van der Waals surface area contributed by atoms with Crippen molar-refractivity contribution in [2.75, 3.05) is 12.1 Å². The van der Waals surface area contributed by atoms with Gasteiger partial charge in [-0.15, -0.1) is 0 Å². The molecule has 0 atom stereocenters. The van der Waals surface area contributed by atoms with Gasteiger partial charge in [0.25, 0.3) is 0 Å². The molecule has 1 heterocycles. The highest BCUT2D eigenvalue weighted by Crippen LogP contribution is 2.33. The molecule has 1 saturated carbocycles. The summed E-state index contributed by atoms with van der Waals surface area (Å²) in [5.74, 6) is 1.99. The van der Waals surface area contributed by atoms with Gasteiger partial charge < -0.3 is 14.8 Å². The number of benzene rings is 2. The first kappa shape index (κ1) is 16.7. The summed E-state index contributed by atoms with van der Waals surface area (Å²) < 4.78 is 10.6. The van der Waals surface area contributed by atoms with Crippen molar-refractivity contribution in [3.63, 3.8) is 0 Å². The number of hydrogen-bond donors (Lipinski definition) is 1. The molecule has 2 aliphatic rings. The minimum atomic E-state index is -0.145. The highest BCUT2D eigenvalue weighted by atomic mass is 16.7. The second-order valence-electron chi connectivity index (χ2n) is 6.89. The normalized spacial score (nSPS) is 16.8. The van der Waals surface area contributed by atoms with Crippen molar-refractivity contribution in [3.05, 3.63) is 59.7 Å². The Bertz CT molecular complexity index is 805. The molecule has 1 amide bonds. The number of nitrogens with one attached hydrogen (secondary N) is 1. The molecule has 4 nitrogen and oxygen atoms in total. The zero-order valence-electron chi connectivity index (χ0n) is 14.7. The zero-order chi connectivity index (χ0) is 17.8. The first-order valence-corrected chi connectivity index (χ1v) is 9.26. The lowest BCUT2D eigenvalue weighted by Crippen LogP contribution is -2.08. The predicted molar refractivity (Wildman–Crippen MR) is 102 cm³/mol. The average molecular weight is 349 g/mol. The number of rotatable bonds is 4. The van der Waals surface area contributed by atoms with E-state index in [0.29, 0.717) is 11.7 Å². The van der Waals surface area contributed by atoms with E-state index >= 15 is 0 Å². The number of carbonyl (C=O) groups is 1. The average Bonchev–Trinajstić information content (AvgIpc) is 3.15. The molecular formula is C22H23NO3. The molecule has 1 aliphatic heterocycles. The Labute approximate surface area is 153 Å². The summed E-state index contributed by atoms with van der Waals surface area (Å²) in [4.78, 5) is 12.2. The van der Waals surface area contributed by atoms with Crippen LogP contribution >= 0.6 is 0 Å². The van der Waals surface area contributed by atoms with Crippen LogP contribution in [-0.4, -0.2) is 12.7 Å². The fraction of sp³-hybridized carbons (Fsp3) is 0.318. The fourth-order valence-corrected chi connectivity index (χ4v) is 3.65. The van der Waals surface area contributed by atoms with E-state index in [4.69, 9.17) is 9.47 Å². The summed E-state index contributed by atoms with van der Waals surface area (Å²) >= 11 is 0. The van der Waals surface area contributed by atoms with Gasteiger partial charge >= 0.3 is 0 Å². The Balaban J connectivity index is 1.35. The molecular weight excluding hydrogens is 326 g/mol. The van der Waals surface area contributed by atoms with Gasteiger partial charge in [-0.05, 0) is 60.2 Å². The molecule has 0 bridgehead atoms. The van der Waals surface area contributed by atoms with Crippen LogP contribution in [0.1, 0.15) is 49.1 Å². The van der Waals surface area contributed by atoms with Crippen LogP contribution in [0.3, 0.4) is 0 Å². The summed E-state index contributed by atoms with van der Waals surface area (Å²) in [7, 11) is 0. The molecule has 134 valence electrons. The number of fused-ring (bicyclic) bond motifs is 1. The molecule has 1 N–H and O–H groups in total. The molecule has 0 unspecified atom stereocenters. The largest absolute Gasteiger partial charge is 0.454 e. The Kier molecular flexibility index (Phi) is 4.91. The van der Waals surface area contributed by atoms with Gasteiger partial charge in [-0.25, -0.2) is 0 Å². The van der Waals surface area contributed by atoms with Crippen LogP contribution in [0.15, 0.2) is 48.5 Å². The van der Waals surface area contributed by atoms with Crippen molar-refractivity contribution in [3.8, 4) is 11.5 Å². The Morgan fingerprint density at radius 1 is 0.962 bits per heavy atom. The predicted octanol–water partition coefficient (Wildman–Crippen LogP) is 5.11. The van der Waals surface area contributed by atoms with E-state index < -0.39 is 0 Å². The maximum atomic E-state index is 12.2. The van der Waals surface area contributed by atoms with Gasteiger partial charge in [-0.3, -0.25) is 4.79 Å². The third-order valence-electron chi connectivity index (χ3n) is 5.08. The van der Waals surface area contributed by atoms with Crippen molar-refractivity contribution < 1.29 is 14.3 Å². The molecule has 2 aromatic carbocycles. The Morgan fingerprint density at radius 3 is 2.54 bits per heavy atom. The van der Waals surface area contributed by atoms with E-state index in [2.05, 4.69) is 17.4 Å². The van der Waals surface area contributed by atoms with Gasteiger partial charge in [-0.1, -0.05) is 37.5 Å². The SMILES string of the molecule is O=C(/C=C\c1ccc2c(c1)OCO2)Nc1ccc(C2CCCCC2)cc1. The molecule has 26 heavy (non-hydrogen) atoms. The van der Waals surface area contributed by atoms with Crippen molar-refractivity contribution >= 4 is 17.7 Å². The van der Waals surface area contributed by atoms with Gasteiger partial charge in [0.2, 0.25) is 12.7 Å². The van der Waals surface area contributed by atoms with Crippen LogP contribution in [-0.2, 0) is 4.79 Å². The second kappa shape index (κ2) is 7.65.